The lowest BCUT2D eigenvalue weighted by molar-refractivity contribution is 0.102. The first kappa shape index (κ1) is 25.1. The quantitative estimate of drug-likeness (QED) is 0.127. The number of benzene rings is 2. The third kappa shape index (κ3) is 7.47. The Hall–Kier alpha value is -2.19. The Labute approximate surface area is 188 Å². The Balaban J connectivity index is 2.19. The first-order valence-electron chi connectivity index (χ1n) is 9.84. The molecule has 0 saturated carbocycles. The monoisotopic (exact) mass is 472 g/mol. The van der Waals surface area contributed by atoms with Gasteiger partial charge in [-0.1, -0.05) is 38.3 Å². The molecule has 0 aliphatic heterocycles. The van der Waals surface area contributed by atoms with Crippen molar-refractivity contribution >= 4 is 41.2 Å². The minimum Gasteiger partial charge on any atom is -0.411 e. The molecule has 168 valence electrons. The van der Waals surface area contributed by atoms with Gasteiger partial charge in [0.2, 0.25) is 0 Å². The van der Waals surface area contributed by atoms with Crippen molar-refractivity contribution in [2.45, 2.75) is 49.7 Å². The summed E-state index contributed by atoms with van der Waals surface area (Å²) in [6.45, 7) is 4.05. The fourth-order valence-electron chi connectivity index (χ4n) is 2.99. The molecular weight excluding hydrogens is 449 g/mol. The van der Waals surface area contributed by atoms with Gasteiger partial charge in [-0.3, -0.25) is 4.79 Å². The normalized spacial score (nSPS) is 13.4. The lowest BCUT2D eigenvalue weighted by atomic mass is 10.0. The summed E-state index contributed by atoms with van der Waals surface area (Å²) in [5.74, 6) is -4.91. The predicted molar refractivity (Wildman–Crippen MR) is 119 cm³/mol. The van der Waals surface area contributed by atoms with Crippen LogP contribution in [0.3, 0.4) is 0 Å². The molecule has 1 amide bonds. The number of halogens is 4. The second-order valence-electron chi connectivity index (χ2n) is 7.21. The molecule has 2 rings (SSSR count). The number of thioether (sulfide) groups is 1. The van der Waals surface area contributed by atoms with Crippen LogP contribution in [0.1, 0.15) is 49.9 Å². The van der Waals surface area contributed by atoms with Crippen LogP contribution >= 0.6 is 23.4 Å². The molecule has 2 aromatic rings. The number of hydrogen-bond donors (Lipinski definition) is 2. The molecule has 0 aromatic heterocycles. The van der Waals surface area contributed by atoms with E-state index in [0.29, 0.717) is 22.1 Å². The van der Waals surface area contributed by atoms with Gasteiger partial charge in [-0.15, -0.1) is 16.9 Å². The largest absolute Gasteiger partial charge is 0.411 e. The summed E-state index contributed by atoms with van der Waals surface area (Å²) < 4.78 is 39.9. The summed E-state index contributed by atoms with van der Waals surface area (Å²) in [5, 5.41) is 14.9. The Morgan fingerprint density at radius 1 is 1.26 bits per heavy atom. The van der Waals surface area contributed by atoms with Crippen molar-refractivity contribution in [2.24, 2.45) is 11.1 Å². The Bertz CT molecular complexity index is 920. The highest BCUT2D eigenvalue weighted by molar-refractivity contribution is 8.00. The van der Waals surface area contributed by atoms with Gasteiger partial charge in [-0.2, -0.15) is 0 Å². The summed E-state index contributed by atoms with van der Waals surface area (Å²) >= 11 is 7.87. The molecule has 2 aromatic carbocycles. The molecule has 0 aliphatic rings. The third-order valence-electron chi connectivity index (χ3n) is 4.56. The van der Waals surface area contributed by atoms with Crippen molar-refractivity contribution in [2.75, 3.05) is 5.32 Å². The molecular formula is C22H24ClF3N2O2S. The SMILES string of the molecule is CCCCC(CC(C)/C=N/O)Sc1cc(C(=O)Nc2cc(F)c(F)c(F)c2)ccc1Cl. The van der Waals surface area contributed by atoms with E-state index in [9.17, 15) is 18.0 Å². The van der Waals surface area contributed by atoms with Gasteiger partial charge in [0, 0.05) is 39.7 Å². The first-order valence-corrected chi connectivity index (χ1v) is 11.1. The number of unbranched alkanes of at least 4 members (excludes halogenated alkanes) is 1. The van der Waals surface area contributed by atoms with Gasteiger partial charge < -0.3 is 10.5 Å². The zero-order valence-electron chi connectivity index (χ0n) is 17.2. The van der Waals surface area contributed by atoms with Gasteiger partial charge in [0.15, 0.2) is 17.5 Å². The van der Waals surface area contributed by atoms with E-state index < -0.39 is 23.4 Å². The number of rotatable bonds is 10. The van der Waals surface area contributed by atoms with E-state index in [-0.39, 0.29) is 22.4 Å². The van der Waals surface area contributed by atoms with Crippen LogP contribution in [0, 0.1) is 23.4 Å². The number of amides is 1. The van der Waals surface area contributed by atoms with Gasteiger partial charge in [-0.25, -0.2) is 13.2 Å². The van der Waals surface area contributed by atoms with Crippen molar-refractivity contribution in [3.05, 3.63) is 58.4 Å². The van der Waals surface area contributed by atoms with Gasteiger partial charge in [0.25, 0.3) is 5.91 Å². The van der Waals surface area contributed by atoms with Crippen molar-refractivity contribution in [1.82, 2.24) is 0 Å². The van der Waals surface area contributed by atoms with Crippen LogP contribution < -0.4 is 5.32 Å². The molecule has 2 unspecified atom stereocenters. The van der Waals surface area contributed by atoms with E-state index in [2.05, 4.69) is 17.4 Å². The van der Waals surface area contributed by atoms with E-state index in [4.69, 9.17) is 16.8 Å². The van der Waals surface area contributed by atoms with E-state index in [1.54, 1.807) is 12.1 Å². The van der Waals surface area contributed by atoms with Crippen LogP contribution in [0.15, 0.2) is 40.4 Å². The number of nitrogens with zero attached hydrogens (tertiary/aromatic N) is 1. The molecule has 31 heavy (non-hydrogen) atoms. The van der Waals surface area contributed by atoms with Gasteiger partial charge in [-0.05, 0) is 37.0 Å². The Morgan fingerprint density at radius 2 is 1.94 bits per heavy atom. The standard InChI is InChI=1S/C22H24ClF3N2O2S/c1-3-4-5-16(8-13(2)12-27-30)31-20-9-14(6-7-17(20)23)22(29)28-15-10-18(24)21(26)19(25)11-15/h6-7,9-13,16,30H,3-5,8H2,1-2H3,(H,28,29)/b27-12+. The first-order chi connectivity index (χ1) is 14.7. The van der Waals surface area contributed by atoms with Crippen LogP contribution in [-0.4, -0.2) is 22.6 Å². The summed E-state index contributed by atoms with van der Waals surface area (Å²) in [5.41, 5.74) is 0.0553. The summed E-state index contributed by atoms with van der Waals surface area (Å²) in [6, 6.07) is 6.13. The van der Waals surface area contributed by atoms with E-state index in [1.165, 1.54) is 24.0 Å². The second kappa shape index (κ2) is 12.0. The number of anilines is 1. The summed E-state index contributed by atoms with van der Waals surface area (Å²) in [6.07, 6.45) is 5.20. The summed E-state index contributed by atoms with van der Waals surface area (Å²) in [4.78, 5) is 13.3. The molecule has 0 aliphatic carbocycles. The zero-order valence-corrected chi connectivity index (χ0v) is 18.7. The average molecular weight is 473 g/mol. The van der Waals surface area contributed by atoms with Crippen LogP contribution in [0.4, 0.5) is 18.9 Å². The molecule has 0 fully saturated rings. The maximum atomic E-state index is 13.4. The number of carbonyl (C=O) groups is 1. The second-order valence-corrected chi connectivity index (χ2v) is 8.96. The lowest BCUT2D eigenvalue weighted by Gasteiger charge is -2.19. The highest BCUT2D eigenvalue weighted by atomic mass is 35.5. The van der Waals surface area contributed by atoms with Crippen LogP contribution in [0.25, 0.3) is 0 Å². The molecule has 2 atom stereocenters. The zero-order chi connectivity index (χ0) is 23.0. The van der Waals surface area contributed by atoms with Crippen molar-refractivity contribution in [3.63, 3.8) is 0 Å². The number of oxime groups is 1. The Morgan fingerprint density at radius 3 is 2.55 bits per heavy atom. The van der Waals surface area contributed by atoms with Crippen molar-refractivity contribution in [3.8, 4) is 0 Å². The van der Waals surface area contributed by atoms with Gasteiger partial charge in [0.05, 0.1) is 5.02 Å². The topological polar surface area (TPSA) is 61.7 Å². The molecule has 2 N–H and O–H groups in total. The number of hydrogen-bond acceptors (Lipinski definition) is 4. The van der Waals surface area contributed by atoms with E-state index >= 15 is 0 Å². The van der Waals surface area contributed by atoms with E-state index in [0.717, 1.165) is 25.7 Å². The number of nitrogens with one attached hydrogen (secondary N) is 1. The minimum absolute atomic E-state index is 0.0629. The minimum atomic E-state index is -1.60. The van der Waals surface area contributed by atoms with Crippen LogP contribution in [-0.2, 0) is 0 Å². The third-order valence-corrected chi connectivity index (χ3v) is 6.36. The van der Waals surface area contributed by atoms with Crippen LogP contribution in [0.5, 0.6) is 0 Å². The van der Waals surface area contributed by atoms with Crippen molar-refractivity contribution < 1.29 is 23.2 Å². The summed E-state index contributed by atoms with van der Waals surface area (Å²) in [7, 11) is 0. The van der Waals surface area contributed by atoms with Crippen LogP contribution in [0.2, 0.25) is 5.02 Å². The lowest BCUT2D eigenvalue weighted by Crippen LogP contribution is -2.13. The maximum Gasteiger partial charge on any atom is 0.255 e. The average Bonchev–Trinajstić information content (AvgIpc) is 2.71. The fourth-order valence-corrected chi connectivity index (χ4v) is 4.66. The number of carbonyl (C=O) groups excluding carboxylic acids is 1. The van der Waals surface area contributed by atoms with Crippen molar-refractivity contribution in [1.29, 1.82) is 0 Å². The highest BCUT2D eigenvalue weighted by Gasteiger charge is 2.18. The maximum absolute atomic E-state index is 13.4. The highest BCUT2D eigenvalue weighted by Crippen LogP contribution is 2.36. The molecule has 0 bridgehead atoms. The smallest absolute Gasteiger partial charge is 0.255 e. The predicted octanol–water partition coefficient (Wildman–Crippen LogP) is 7.15. The van der Waals surface area contributed by atoms with E-state index in [1.807, 2.05) is 6.92 Å². The molecule has 0 radical (unpaired) electrons. The molecule has 0 spiro atoms. The molecule has 0 saturated heterocycles. The molecule has 0 heterocycles. The van der Waals surface area contributed by atoms with Gasteiger partial charge in [0.1, 0.15) is 0 Å². The Kier molecular flexibility index (Phi) is 9.71. The molecule has 4 nitrogen and oxygen atoms in total. The van der Waals surface area contributed by atoms with Gasteiger partial charge >= 0.3 is 0 Å². The fraction of sp³-hybridized carbons (Fsp3) is 0.364. The molecule has 9 heteroatoms.